The molecule has 0 spiro atoms. The molecule has 1 N–H and O–H groups in total. The van der Waals surface area contributed by atoms with Crippen molar-refractivity contribution in [3.8, 4) is 11.5 Å². The molecular weight excluding hydrogens is 252 g/mol. The molecule has 0 unspecified atom stereocenters. The van der Waals surface area contributed by atoms with E-state index in [0.29, 0.717) is 17.4 Å². The van der Waals surface area contributed by atoms with E-state index in [1.54, 1.807) is 19.2 Å². The van der Waals surface area contributed by atoms with Crippen LogP contribution in [0.5, 0.6) is 11.5 Å². The molecule has 0 saturated carbocycles. The van der Waals surface area contributed by atoms with Gasteiger partial charge in [0.1, 0.15) is 6.61 Å². The number of rotatable bonds is 5. The first kappa shape index (κ1) is 13.5. The average Bonchev–Trinajstić information content (AvgIpc) is 2.40. The molecule has 1 fully saturated rings. The van der Waals surface area contributed by atoms with Crippen LogP contribution in [0.15, 0.2) is 18.2 Å². The highest BCUT2D eigenvalue weighted by Gasteiger charge is 2.10. The van der Waals surface area contributed by atoms with Crippen LogP contribution in [0.4, 0.5) is 0 Å². The lowest BCUT2D eigenvalue weighted by atomic mass is 10.3. The molecule has 5 heteroatoms. The molecule has 1 aromatic carbocycles. The summed E-state index contributed by atoms with van der Waals surface area (Å²) in [4.78, 5) is 2.38. The van der Waals surface area contributed by atoms with E-state index in [1.165, 1.54) is 0 Å². The molecule has 1 aromatic rings. The number of piperazine rings is 1. The van der Waals surface area contributed by atoms with Gasteiger partial charge in [-0.15, -0.1) is 0 Å². The molecule has 1 aliphatic rings. The minimum absolute atomic E-state index is 0.650. The van der Waals surface area contributed by atoms with Crippen LogP contribution in [0.25, 0.3) is 0 Å². The quantitative estimate of drug-likeness (QED) is 0.882. The Hall–Kier alpha value is -0.970. The number of hydrogen-bond acceptors (Lipinski definition) is 4. The van der Waals surface area contributed by atoms with Crippen molar-refractivity contribution in [3.05, 3.63) is 23.2 Å². The van der Waals surface area contributed by atoms with E-state index in [9.17, 15) is 0 Å². The fourth-order valence-electron chi connectivity index (χ4n) is 1.98. The zero-order chi connectivity index (χ0) is 12.8. The Morgan fingerprint density at radius 2 is 2.06 bits per heavy atom. The summed E-state index contributed by atoms with van der Waals surface area (Å²) in [5, 5.41) is 3.99. The molecule has 0 aromatic heterocycles. The van der Waals surface area contributed by atoms with E-state index in [1.807, 2.05) is 6.07 Å². The third kappa shape index (κ3) is 3.77. The number of hydrogen-bond donors (Lipinski definition) is 1. The highest BCUT2D eigenvalue weighted by atomic mass is 35.5. The Kier molecular flexibility index (Phi) is 5.11. The first-order valence-electron chi connectivity index (χ1n) is 6.19. The third-order valence-corrected chi connectivity index (χ3v) is 3.24. The van der Waals surface area contributed by atoms with Gasteiger partial charge >= 0.3 is 0 Å². The lowest BCUT2D eigenvalue weighted by Crippen LogP contribution is -2.44. The van der Waals surface area contributed by atoms with E-state index in [2.05, 4.69) is 10.2 Å². The summed E-state index contributed by atoms with van der Waals surface area (Å²) in [6.07, 6.45) is 0. The van der Waals surface area contributed by atoms with Gasteiger partial charge < -0.3 is 14.8 Å². The molecule has 4 nitrogen and oxygen atoms in total. The molecule has 0 amide bonds. The molecule has 2 rings (SSSR count). The second-order valence-corrected chi connectivity index (χ2v) is 4.67. The Morgan fingerprint density at radius 1 is 1.28 bits per heavy atom. The maximum atomic E-state index is 5.95. The summed E-state index contributed by atoms with van der Waals surface area (Å²) in [6, 6.07) is 5.41. The Bertz CT molecular complexity index is 381. The van der Waals surface area contributed by atoms with Crippen LogP contribution in [-0.2, 0) is 0 Å². The number of nitrogens with one attached hydrogen (secondary N) is 1. The SMILES string of the molecule is COc1ccc(Cl)cc1OCCN1CCNCC1. The van der Waals surface area contributed by atoms with E-state index < -0.39 is 0 Å². The second kappa shape index (κ2) is 6.83. The average molecular weight is 271 g/mol. The minimum atomic E-state index is 0.650. The first-order chi connectivity index (χ1) is 8.79. The van der Waals surface area contributed by atoms with Crippen LogP contribution in [-0.4, -0.2) is 51.3 Å². The van der Waals surface area contributed by atoms with Crippen LogP contribution >= 0.6 is 11.6 Å². The zero-order valence-electron chi connectivity index (χ0n) is 10.6. The van der Waals surface area contributed by atoms with E-state index >= 15 is 0 Å². The van der Waals surface area contributed by atoms with E-state index in [-0.39, 0.29) is 0 Å². The highest BCUT2D eigenvalue weighted by Crippen LogP contribution is 2.29. The number of nitrogens with zero attached hydrogens (tertiary/aromatic N) is 1. The molecular formula is C13H19ClN2O2. The Balaban J connectivity index is 1.83. The first-order valence-corrected chi connectivity index (χ1v) is 6.57. The topological polar surface area (TPSA) is 33.7 Å². The van der Waals surface area contributed by atoms with Crippen molar-refractivity contribution < 1.29 is 9.47 Å². The van der Waals surface area contributed by atoms with Gasteiger partial charge in [-0.2, -0.15) is 0 Å². The van der Waals surface area contributed by atoms with E-state index in [0.717, 1.165) is 38.5 Å². The van der Waals surface area contributed by atoms with Crippen molar-refractivity contribution >= 4 is 11.6 Å². The molecule has 0 aliphatic carbocycles. The van der Waals surface area contributed by atoms with Crippen molar-refractivity contribution in [1.82, 2.24) is 10.2 Å². The summed E-state index contributed by atoms with van der Waals surface area (Å²) in [5.41, 5.74) is 0. The van der Waals surface area contributed by atoms with Gasteiger partial charge in [-0.05, 0) is 12.1 Å². The van der Waals surface area contributed by atoms with Gasteiger partial charge in [-0.1, -0.05) is 11.6 Å². The largest absolute Gasteiger partial charge is 0.493 e. The molecule has 1 heterocycles. The predicted octanol–water partition coefficient (Wildman–Crippen LogP) is 1.63. The van der Waals surface area contributed by atoms with Crippen LogP contribution in [0.2, 0.25) is 5.02 Å². The summed E-state index contributed by atoms with van der Waals surface area (Å²) < 4.78 is 11.0. The predicted molar refractivity (Wildman–Crippen MR) is 72.8 cm³/mol. The fourth-order valence-corrected chi connectivity index (χ4v) is 2.14. The van der Waals surface area contributed by atoms with Crippen LogP contribution in [0.1, 0.15) is 0 Å². The Labute approximate surface area is 113 Å². The summed E-state index contributed by atoms with van der Waals surface area (Å²) in [7, 11) is 1.63. The molecule has 0 radical (unpaired) electrons. The van der Waals surface area contributed by atoms with Gasteiger partial charge in [0.2, 0.25) is 0 Å². The van der Waals surface area contributed by atoms with Crippen molar-refractivity contribution in [2.24, 2.45) is 0 Å². The van der Waals surface area contributed by atoms with Crippen LogP contribution < -0.4 is 14.8 Å². The van der Waals surface area contributed by atoms with Gasteiger partial charge in [0.05, 0.1) is 7.11 Å². The van der Waals surface area contributed by atoms with E-state index in [4.69, 9.17) is 21.1 Å². The van der Waals surface area contributed by atoms with Gasteiger partial charge in [0.25, 0.3) is 0 Å². The normalized spacial score (nSPS) is 16.6. The standard InChI is InChI=1S/C13H19ClN2O2/c1-17-12-3-2-11(14)10-13(12)18-9-8-16-6-4-15-5-7-16/h2-3,10,15H,4-9H2,1H3. The maximum absolute atomic E-state index is 5.95. The van der Waals surface area contributed by atoms with Gasteiger partial charge in [0.15, 0.2) is 11.5 Å². The van der Waals surface area contributed by atoms with Crippen LogP contribution in [0.3, 0.4) is 0 Å². The summed E-state index contributed by atoms with van der Waals surface area (Å²) in [6.45, 7) is 5.85. The molecule has 0 bridgehead atoms. The minimum Gasteiger partial charge on any atom is -0.493 e. The third-order valence-electron chi connectivity index (χ3n) is 3.00. The van der Waals surface area contributed by atoms with Crippen molar-refractivity contribution in [3.63, 3.8) is 0 Å². The van der Waals surface area contributed by atoms with Gasteiger partial charge in [0, 0.05) is 43.8 Å². The fraction of sp³-hybridized carbons (Fsp3) is 0.538. The number of ether oxygens (including phenoxy) is 2. The second-order valence-electron chi connectivity index (χ2n) is 4.24. The highest BCUT2D eigenvalue weighted by molar-refractivity contribution is 6.30. The number of methoxy groups -OCH3 is 1. The van der Waals surface area contributed by atoms with Gasteiger partial charge in [-0.3, -0.25) is 4.90 Å². The molecule has 0 atom stereocenters. The molecule has 18 heavy (non-hydrogen) atoms. The molecule has 1 aliphatic heterocycles. The number of benzene rings is 1. The summed E-state index contributed by atoms with van der Waals surface area (Å²) >= 11 is 5.95. The maximum Gasteiger partial charge on any atom is 0.162 e. The monoisotopic (exact) mass is 270 g/mol. The number of halogens is 1. The van der Waals surface area contributed by atoms with Gasteiger partial charge in [-0.25, -0.2) is 0 Å². The van der Waals surface area contributed by atoms with Crippen molar-refractivity contribution in [1.29, 1.82) is 0 Å². The molecule has 100 valence electrons. The van der Waals surface area contributed by atoms with Crippen LogP contribution in [0, 0.1) is 0 Å². The lowest BCUT2D eigenvalue weighted by molar-refractivity contribution is 0.188. The zero-order valence-corrected chi connectivity index (χ0v) is 11.4. The smallest absolute Gasteiger partial charge is 0.162 e. The Morgan fingerprint density at radius 3 is 2.78 bits per heavy atom. The summed E-state index contributed by atoms with van der Waals surface area (Å²) in [5.74, 6) is 1.43. The van der Waals surface area contributed by atoms with Crippen molar-refractivity contribution in [2.75, 3.05) is 46.4 Å². The van der Waals surface area contributed by atoms with Crippen molar-refractivity contribution in [2.45, 2.75) is 0 Å². The molecule has 1 saturated heterocycles. The lowest BCUT2D eigenvalue weighted by Gasteiger charge is -2.27.